The maximum atomic E-state index is 12.3. The first-order valence-electron chi connectivity index (χ1n) is 7.95. The van der Waals surface area contributed by atoms with Crippen LogP contribution >= 0.6 is 0 Å². The summed E-state index contributed by atoms with van der Waals surface area (Å²) in [5.74, 6) is 1.31. The molecule has 0 radical (unpaired) electrons. The number of hydrogen-bond donors (Lipinski definition) is 1. The van der Waals surface area contributed by atoms with Crippen molar-refractivity contribution in [3.8, 4) is 0 Å². The molecule has 2 N–H and O–H groups in total. The second-order valence-electron chi connectivity index (χ2n) is 6.26. The minimum atomic E-state index is -0.153. The van der Waals surface area contributed by atoms with Crippen LogP contribution in [0.15, 0.2) is 30.3 Å². The summed E-state index contributed by atoms with van der Waals surface area (Å²) in [7, 11) is 0. The van der Waals surface area contributed by atoms with Crippen LogP contribution in [0.1, 0.15) is 31.2 Å². The lowest BCUT2D eigenvalue weighted by atomic mass is 9.78. The smallest absolute Gasteiger partial charge is 0.410 e. The van der Waals surface area contributed by atoms with E-state index >= 15 is 0 Å². The Balaban J connectivity index is 1.54. The Hall–Kier alpha value is -1.55. The lowest BCUT2D eigenvalue weighted by Crippen LogP contribution is -2.35. The number of ether oxygens (including phenoxy) is 1. The molecular formula is C17H24N2O2. The topological polar surface area (TPSA) is 55.6 Å². The third kappa shape index (κ3) is 3.21. The van der Waals surface area contributed by atoms with Gasteiger partial charge in [0.2, 0.25) is 0 Å². The van der Waals surface area contributed by atoms with Gasteiger partial charge in [-0.3, -0.25) is 0 Å². The van der Waals surface area contributed by atoms with Crippen LogP contribution in [0.25, 0.3) is 0 Å². The van der Waals surface area contributed by atoms with Crippen LogP contribution in [0.2, 0.25) is 0 Å². The lowest BCUT2D eigenvalue weighted by Gasteiger charge is -2.27. The molecule has 3 rings (SSSR count). The number of carbonyl (C=O) groups is 1. The molecule has 4 nitrogen and oxygen atoms in total. The van der Waals surface area contributed by atoms with Crippen LogP contribution in [0, 0.1) is 11.8 Å². The van der Waals surface area contributed by atoms with Gasteiger partial charge in [0.1, 0.15) is 6.61 Å². The van der Waals surface area contributed by atoms with Gasteiger partial charge in [0.05, 0.1) is 0 Å². The van der Waals surface area contributed by atoms with E-state index in [4.69, 9.17) is 10.5 Å². The summed E-state index contributed by atoms with van der Waals surface area (Å²) >= 11 is 0. The Labute approximate surface area is 126 Å². The summed E-state index contributed by atoms with van der Waals surface area (Å²) in [6, 6.07) is 10.2. The van der Waals surface area contributed by atoms with Crippen molar-refractivity contribution in [2.75, 3.05) is 13.1 Å². The quantitative estimate of drug-likeness (QED) is 0.927. The highest BCUT2D eigenvalue weighted by Gasteiger charge is 2.42. The molecule has 1 aromatic carbocycles. The Kier molecular flexibility index (Phi) is 4.44. The van der Waals surface area contributed by atoms with Crippen LogP contribution in [0.3, 0.4) is 0 Å². The molecule has 2 bridgehead atoms. The highest BCUT2D eigenvalue weighted by atomic mass is 16.6. The molecule has 1 aliphatic carbocycles. The third-order valence-electron chi connectivity index (χ3n) is 4.96. The monoisotopic (exact) mass is 288 g/mol. The molecule has 0 aromatic heterocycles. The van der Waals surface area contributed by atoms with Crippen molar-refractivity contribution in [3.05, 3.63) is 35.9 Å². The number of nitrogens with two attached hydrogens (primary N) is 1. The molecule has 1 aliphatic heterocycles. The second kappa shape index (κ2) is 6.48. The minimum absolute atomic E-state index is 0.153. The predicted octanol–water partition coefficient (Wildman–Crippen LogP) is 2.77. The molecule has 1 heterocycles. The summed E-state index contributed by atoms with van der Waals surface area (Å²) in [5.41, 5.74) is 6.73. The maximum absolute atomic E-state index is 12.3. The Bertz CT molecular complexity index is 477. The first-order chi connectivity index (χ1) is 10.3. The lowest BCUT2D eigenvalue weighted by molar-refractivity contribution is 0.0914. The van der Waals surface area contributed by atoms with Crippen molar-refractivity contribution in [3.63, 3.8) is 0 Å². The number of nitrogens with zero attached hydrogens (tertiary/aromatic N) is 1. The van der Waals surface area contributed by atoms with Crippen LogP contribution in [0.4, 0.5) is 4.79 Å². The van der Waals surface area contributed by atoms with Crippen molar-refractivity contribution in [2.24, 2.45) is 17.6 Å². The van der Waals surface area contributed by atoms with Gasteiger partial charge in [-0.25, -0.2) is 4.79 Å². The van der Waals surface area contributed by atoms with Gasteiger partial charge < -0.3 is 15.4 Å². The zero-order valence-electron chi connectivity index (χ0n) is 12.4. The fraction of sp³-hybridized carbons (Fsp3) is 0.588. The molecule has 1 saturated heterocycles. The molecular weight excluding hydrogens is 264 g/mol. The largest absolute Gasteiger partial charge is 0.445 e. The van der Waals surface area contributed by atoms with Gasteiger partial charge >= 0.3 is 6.09 Å². The van der Waals surface area contributed by atoms with E-state index in [1.165, 1.54) is 6.42 Å². The molecule has 114 valence electrons. The van der Waals surface area contributed by atoms with Crippen molar-refractivity contribution in [1.82, 2.24) is 4.90 Å². The molecule has 21 heavy (non-hydrogen) atoms. The maximum Gasteiger partial charge on any atom is 0.410 e. The average molecular weight is 288 g/mol. The summed E-state index contributed by atoms with van der Waals surface area (Å²) < 4.78 is 5.48. The molecule has 1 aromatic rings. The highest BCUT2D eigenvalue weighted by Crippen LogP contribution is 2.41. The van der Waals surface area contributed by atoms with Gasteiger partial charge in [0.15, 0.2) is 0 Å². The van der Waals surface area contributed by atoms with Crippen molar-refractivity contribution < 1.29 is 9.53 Å². The fourth-order valence-electron chi connectivity index (χ4n) is 3.83. The van der Waals surface area contributed by atoms with E-state index in [0.717, 1.165) is 37.9 Å². The second-order valence-corrected chi connectivity index (χ2v) is 6.26. The van der Waals surface area contributed by atoms with E-state index in [9.17, 15) is 4.79 Å². The zero-order valence-corrected chi connectivity index (χ0v) is 12.4. The van der Waals surface area contributed by atoms with Gasteiger partial charge in [-0.05, 0) is 49.6 Å². The Morgan fingerprint density at radius 2 is 2.10 bits per heavy atom. The van der Waals surface area contributed by atoms with Crippen molar-refractivity contribution >= 4 is 6.09 Å². The first-order valence-corrected chi connectivity index (χ1v) is 7.95. The number of fused-ring (bicyclic) bond motifs is 2. The number of likely N-dealkylation sites (tertiary alicyclic amines) is 1. The Morgan fingerprint density at radius 3 is 2.86 bits per heavy atom. The van der Waals surface area contributed by atoms with E-state index in [0.29, 0.717) is 24.5 Å². The van der Waals surface area contributed by atoms with Gasteiger partial charge in [-0.1, -0.05) is 30.3 Å². The third-order valence-corrected chi connectivity index (χ3v) is 4.96. The molecule has 1 amide bonds. The molecule has 4 heteroatoms. The SMILES string of the molecule is NCCC1CCC2CC1CN2C(=O)OCc1ccccc1. The van der Waals surface area contributed by atoms with Gasteiger partial charge in [-0.2, -0.15) is 0 Å². The Morgan fingerprint density at radius 1 is 1.29 bits per heavy atom. The minimum Gasteiger partial charge on any atom is -0.445 e. The molecule has 0 spiro atoms. The summed E-state index contributed by atoms with van der Waals surface area (Å²) in [4.78, 5) is 14.3. The van der Waals surface area contributed by atoms with E-state index < -0.39 is 0 Å². The van der Waals surface area contributed by atoms with E-state index in [2.05, 4.69) is 0 Å². The van der Waals surface area contributed by atoms with Crippen LogP contribution in [-0.2, 0) is 11.3 Å². The molecule has 3 atom stereocenters. The zero-order chi connectivity index (χ0) is 14.7. The van der Waals surface area contributed by atoms with Crippen LogP contribution < -0.4 is 5.73 Å². The number of benzene rings is 1. The molecule has 3 unspecified atom stereocenters. The number of rotatable bonds is 4. The normalized spacial score (nSPS) is 27.7. The van der Waals surface area contributed by atoms with Crippen LogP contribution in [-0.4, -0.2) is 30.1 Å². The summed E-state index contributed by atoms with van der Waals surface area (Å²) in [5, 5.41) is 0. The summed E-state index contributed by atoms with van der Waals surface area (Å²) in [6.07, 6.45) is 4.37. The highest BCUT2D eigenvalue weighted by molar-refractivity contribution is 5.68. The molecule has 2 aliphatic rings. The number of amides is 1. The molecule has 2 fully saturated rings. The van der Waals surface area contributed by atoms with Crippen molar-refractivity contribution in [1.29, 1.82) is 0 Å². The predicted molar refractivity (Wildman–Crippen MR) is 81.6 cm³/mol. The van der Waals surface area contributed by atoms with Crippen LogP contribution in [0.5, 0.6) is 0 Å². The van der Waals surface area contributed by atoms with Gasteiger partial charge in [0.25, 0.3) is 0 Å². The standard InChI is InChI=1S/C17H24N2O2/c18-9-8-14-6-7-16-10-15(14)11-19(16)17(20)21-12-13-4-2-1-3-5-13/h1-5,14-16H,6-12,18H2. The van der Waals surface area contributed by atoms with Gasteiger partial charge in [-0.15, -0.1) is 0 Å². The van der Waals surface area contributed by atoms with Crippen molar-refractivity contribution in [2.45, 2.75) is 38.3 Å². The first kappa shape index (κ1) is 14.4. The van der Waals surface area contributed by atoms with E-state index in [1.807, 2.05) is 35.2 Å². The summed E-state index contributed by atoms with van der Waals surface area (Å²) in [6.45, 7) is 1.97. The average Bonchev–Trinajstić information content (AvgIpc) is 2.87. The van der Waals surface area contributed by atoms with E-state index in [-0.39, 0.29) is 6.09 Å². The molecule has 1 saturated carbocycles. The number of carbonyl (C=O) groups excluding carboxylic acids is 1. The van der Waals surface area contributed by atoms with E-state index in [1.54, 1.807) is 0 Å². The number of hydrogen-bond acceptors (Lipinski definition) is 3. The fourth-order valence-corrected chi connectivity index (χ4v) is 3.83. The van der Waals surface area contributed by atoms with Gasteiger partial charge in [0, 0.05) is 12.6 Å².